The van der Waals surface area contributed by atoms with Crippen LogP contribution >= 0.6 is 0 Å². The van der Waals surface area contributed by atoms with E-state index in [-0.39, 0.29) is 10.7 Å². The fourth-order valence-electron chi connectivity index (χ4n) is 3.55. The number of hydrogen-bond acceptors (Lipinski definition) is 7. The predicted octanol–water partition coefficient (Wildman–Crippen LogP) is 1.13. The molecule has 1 aromatic rings. The summed E-state index contributed by atoms with van der Waals surface area (Å²) in [6.07, 6.45) is 0.900. The minimum atomic E-state index is -5.08. The minimum absolute atomic E-state index is 0.155. The van der Waals surface area contributed by atoms with E-state index in [0.717, 1.165) is 32.4 Å². The molecule has 2 aliphatic heterocycles. The van der Waals surface area contributed by atoms with Gasteiger partial charge in [-0.2, -0.15) is 17.5 Å². The highest BCUT2D eigenvalue weighted by Crippen LogP contribution is 2.38. The van der Waals surface area contributed by atoms with Crippen LogP contribution in [0.3, 0.4) is 0 Å². The van der Waals surface area contributed by atoms with Gasteiger partial charge in [0.05, 0.1) is 18.5 Å². The predicted molar refractivity (Wildman–Crippen MR) is 99.3 cm³/mol. The van der Waals surface area contributed by atoms with Crippen LogP contribution in [0.5, 0.6) is 0 Å². The van der Waals surface area contributed by atoms with Gasteiger partial charge in [0, 0.05) is 44.0 Å². The van der Waals surface area contributed by atoms with E-state index in [4.69, 9.17) is 14.6 Å². The highest BCUT2D eigenvalue weighted by molar-refractivity contribution is 7.90. The van der Waals surface area contributed by atoms with Gasteiger partial charge in [0.15, 0.2) is 0 Å². The van der Waals surface area contributed by atoms with E-state index in [0.29, 0.717) is 32.3 Å². The zero-order chi connectivity index (χ0) is 22.0. The van der Waals surface area contributed by atoms with Crippen molar-refractivity contribution in [2.75, 3.05) is 44.3 Å². The standard InChI is InChI=1S/C15H22N4O3S.C2HF3O2/c20-23(21,13-2-3-13)19-8-9-22-12-15(11-19)4-7-18(10-15)14-16-5-1-6-17-14;3-2(4,5)1(6)7/h1,5-6,13H,2-4,7-12H2;(H,6,7). The van der Waals surface area contributed by atoms with Crippen molar-refractivity contribution < 1.29 is 36.2 Å². The van der Waals surface area contributed by atoms with Crippen LogP contribution < -0.4 is 4.90 Å². The number of carboxylic acid groups (broad SMARTS) is 1. The maximum absolute atomic E-state index is 12.6. The molecule has 3 heterocycles. The Labute approximate surface area is 171 Å². The Hall–Kier alpha value is -1.99. The highest BCUT2D eigenvalue weighted by Gasteiger charge is 2.47. The molecule has 3 fully saturated rings. The maximum Gasteiger partial charge on any atom is 0.490 e. The van der Waals surface area contributed by atoms with Crippen molar-refractivity contribution in [3.8, 4) is 0 Å². The largest absolute Gasteiger partial charge is 0.490 e. The fourth-order valence-corrected chi connectivity index (χ4v) is 5.49. The van der Waals surface area contributed by atoms with Crippen LogP contribution in [0.15, 0.2) is 18.5 Å². The summed E-state index contributed by atoms with van der Waals surface area (Å²) >= 11 is 0. The summed E-state index contributed by atoms with van der Waals surface area (Å²) in [5, 5.41) is 6.97. The molecule has 1 aromatic heterocycles. The van der Waals surface area contributed by atoms with Crippen molar-refractivity contribution in [2.24, 2.45) is 5.41 Å². The van der Waals surface area contributed by atoms with Gasteiger partial charge in [-0.1, -0.05) is 0 Å². The molecule has 0 aromatic carbocycles. The van der Waals surface area contributed by atoms with Crippen LogP contribution in [0.2, 0.25) is 0 Å². The van der Waals surface area contributed by atoms with Crippen LogP contribution in [0, 0.1) is 5.41 Å². The third-order valence-corrected chi connectivity index (χ3v) is 7.57. The van der Waals surface area contributed by atoms with Crippen LogP contribution in [0.1, 0.15) is 19.3 Å². The first-order valence-electron chi connectivity index (χ1n) is 9.42. The van der Waals surface area contributed by atoms with Crippen molar-refractivity contribution in [2.45, 2.75) is 30.7 Å². The van der Waals surface area contributed by atoms with Gasteiger partial charge in [0.1, 0.15) is 0 Å². The SMILES string of the molecule is O=C(O)C(F)(F)F.O=S(=O)(C1CC1)N1CCOCC2(CCN(c3ncccn3)C2)C1. The number of aliphatic carboxylic acids is 1. The van der Waals surface area contributed by atoms with Crippen molar-refractivity contribution in [3.63, 3.8) is 0 Å². The number of anilines is 1. The Morgan fingerprint density at radius 3 is 2.40 bits per heavy atom. The molecule has 30 heavy (non-hydrogen) atoms. The number of sulfonamides is 1. The second-order valence-electron chi connectivity index (χ2n) is 7.65. The van der Waals surface area contributed by atoms with Gasteiger partial charge in [-0.15, -0.1) is 0 Å². The lowest BCUT2D eigenvalue weighted by Crippen LogP contribution is -2.44. The van der Waals surface area contributed by atoms with E-state index < -0.39 is 22.2 Å². The van der Waals surface area contributed by atoms with E-state index in [1.54, 1.807) is 22.8 Å². The Bertz CT molecular complexity index is 851. The lowest BCUT2D eigenvalue weighted by atomic mass is 9.88. The highest BCUT2D eigenvalue weighted by atomic mass is 32.2. The van der Waals surface area contributed by atoms with E-state index >= 15 is 0 Å². The second-order valence-corrected chi connectivity index (χ2v) is 9.87. The Kier molecular flexibility index (Phi) is 6.53. The molecule has 3 aliphatic rings. The topological polar surface area (TPSA) is 113 Å². The molecule has 1 aliphatic carbocycles. The lowest BCUT2D eigenvalue weighted by Gasteiger charge is -2.31. The number of nitrogens with zero attached hydrogens (tertiary/aromatic N) is 4. The van der Waals surface area contributed by atoms with Crippen LogP contribution in [-0.2, 0) is 19.6 Å². The van der Waals surface area contributed by atoms with Gasteiger partial charge in [-0.05, 0) is 25.3 Å². The molecule has 1 atom stereocenters. The van der Waals surface area contributed by atoms with E-state index in [1.165, 1.54) is 0 Å². The smallest absolute Gasteiger partial charge is 0.475 e. The molecule has 0 bridgehead atoms. The third-order valence-electron chi connectivity index (χ3n) is 5.23. The van der Waals surface area contributed by atoms with Gasteiger partial charge in [0.25, 0.3) is 0 Å². The summed E-state index contributed by atoms with van der Waals surface area (Å²) in [7, 11) is -3.15. The zero-order valence-corrected chi connectivity index (χ0v) is 16.9. The summed E-state index contributed by atoms with van der Waals surface area (Å²) in [5.41, 5.74) is -0.155. The molecule has 0 radical (unpaired) electrons. The number of alkyl halides is 3. The Morgan fingerprint density at radius 2 is 1.83 bits per heavy atom. The van der Waals surface area contributed by atoms with Gasteiger partial charge in [-0.3, -0.25) is 0 Å². The van der Waals surface area contributed by atoms with Crippen molar-refractivity contribution in [1.82, 2.24) is 14.3 Å². The summed E-state index contributed by atoms with van der Waals surface area (Å²) in [6, 6.07) is 1.80. The van der Waals surface area contributed by atoms with Gasteiger partial charge >= 0.3 is 12.1 Å². The van der Waals surface area contributed by atoms with E-state index in [9.17, 15) is 21.6 Å². The summed E-state index contributed by atoms with van der Waals surface area (Å²) in [6.45, 7) is 3.69. The van der Waals surface area contributed by atoms with Gasteiger partial charge < -0.3 is 14.7 Å². The van der Waals surface area contributed by atoms with Crippen molar-refractivity contribution in [1.29, 1.82) is 0 Å². The quantitative estimate of drug-likeness (QED) is 0.726. The number of carboxylic acids is 1. The van der Waals surface area contributed by atoms with E-state index in [1.807, 2.05) is 0 Å². The molecule has 1 unspecified atom stereocenters. The van der Waals surface area contributed by atoms with Crippen LogP contribution in [0.25, 0.3) is 0 Å². The molecule has 1 saturated carbocycles. The zero-order valence-electron chi connectivity index (χ0n) is 16.1. The summed E-state index contributed by atoms with van der Waals surface area (Å²) in [5.74, 6) is -2.04. The first-order chi connectivity index (χ1) is 14.0. The number of hydrogen-bond donors (Lipinski definition) is 1. The van der Waals surface area contributed by atoms with Crippen molar-refractivity contribution >= 4 is 21.9 Å². The molecule has 13 heteroatoms. The summed E-state index contributed by atoms with van der Waals surface area (Å²) in [4.78, 5) is 19.7. The number of halogens is 3. The number of aromatic nitrogens is 2. The average molecular weight is 452 g/mol. The van der Waals surface area contributed by atoms with Crippen LogP contribution in [-0.4, -0.2) is 84.6 Å². The monoisotopic (exact) mass is 452 g/mol. The molecule has 4 rings (SSSR count). The molecule has 168 valence electrons. The second kappa shape index (κ2) is 8.63. The average Bonchev–Trinajstić information content (AvgIpc) is 3.49. The van der Waals surface area contributed by atoms with Crippen molar-refractivity contribution in [3.05, 3.63) is 18.5 Å². The normalized spacial score (nSPS) is 25.5. The fraction of sp³-hybridized carbons (Fsp3) is 0.706. The number of ether oxygens (including phenoxy) is 1. The first-order valence-corrected chi connectivity index (χ1v) is 10.9. The Morgan fingerprint density at radius 1 is 1.20 bits per heavy atom. The molecular weight excluding hydrogens is 429 g/mol. The summed E-state index contributed by atoms with van der Waals surface area (Å²) < 4.78 is 64.4. The number of rotatable bonds is 3. The molecule has 1 spiro atoms. The number of carbonyl (C=O) groups is 1. The molecule has 1 N–H and O–H groups in total. The van der Waals surface area contributed by atoms with Gasteiger partial charge in [-0.25, -0.2) is 23.2 Å². The molecular formula is C17H23F3N4O5S. The first kappa shape index (κ1) is 22.7. The van der Waals surface area contributed by atoms with E-state index in [2.05, 4.69) is 14.9 Å². The van der Waals surface area contributed by atoms with Gasteiger partial charge in [0.2, 0.25) is 16.0 Å². The maximum atomic E-state index is 12.6. The minimum Gasteiger partial charge on any atom is -0.475 e. The Balaban J connectivity index is 0.000000318. The molecule has 2 saturated heterocycles. The molecule has 0 amide bonds. The third kappa shape index (κ3) is 5.38. The lowest BCUT2D eigenvalue weighted by molar-refractivity contribution is -0.192. The molecule has 9 nitrogen and oxygen atoms in total. The van der Waals surface area contributed by atoms with Crippen LogP contribution in [0.4, 0.5) is 19.1 Å².